The minimum Gasteiger partial charge on any atom is -0.487 e. The summed E-state index contributed by atoms with van der Waals surface area (Å²) in [4.78, 5) is 11.4. The highest BCUT2D eigenvalue weighted by atomic mass is 19.4. The molecule has 4 nitrogen and oxygen atoms in total. The third-order valence-corrected chi connectivity index (χ3v) is 2.60. The first kappa shape index (κ1) is 17.0. The van der Waals surface area contributed by atoms with E-state index in [0.717, 1.165) is 19.2 Å². The zero-order chi connectivity index (χ0) is 16.4. The van der Waals surface area contributed by atoms with E-state index in [2.05, 4.69) is 9.47 Å². The molecule has 0 saturated carbocycles. The van der Waals surface area contributed by atoms with Gasteiger partial charge in [0, 0.05) is 5.69 Å². The van der Waals surface area contributed by atoms with E-state index in [-0.39, 0.29) is 22.6 Å². The maximum atomic E-state index is 12.8. The van der Waals surface area contributed by atoms with Gasteiger partial charge in [0.15, 0.2) is 6.61 Å². The molecule has 0 aliphatic heterocycles. The standard InChI is InChI=1S/C12H12F5NO3/c1-6-3-7(4-8(9(6)18)10(19)20-2)21-5-11(13,14)12(15,16)17/h3-4H,5,18H2,1-2H3. The van der Waals surface area contributed by atoms with Crippen molar-refractivity contribution in [2.24, 2.45) is 0 Å². The quantitative estimate of drug-likeness (QED) is 0.527. The second kappa shape index (κ2) is 5.74. The number of carbonyl (C=O) groups is 1. The van der Waals surface area contributed by atoms with E-state index in [0.29, 0.717) is 0 Å². The fraction of sp³-hybridized carbons (Fsp3) is 0.417. The van der Waals surface area contributed by atoms with Crippen LogP contribution in [0.4, 0.5) is 27.6 Å². The number of anilines is 1. The van der Waals surface area contributed by atoms with Crippen molar-refractivity contribution in [2.75, 3.05) is 19.5 Å². The molecule has 0 aromatic heterocycles. The van der Waals surface area contributed by atoms with E-state index in [1.165, 1.54) is 6.92 Å². The normalized spacial score (nSPS) is 12.1. The molecule has 1 rings (SSSR count). The molecule has 9 heteroatoms. The minimum absolute atomic E-state index is 0.0248. The first-order valence-corrected chi connectivity index (χ1v) is 5.55. The van der Waals surface area contributed by atoms with Crippen molar-refractivity contribution in [3.8, 4) is 5.75 Å². The molecule has 0 bridgehead atoms. The lowest BCUT2D eigenvalue weighted by molar-refractivity contribution is -0.290. The monoisotopic (exact) mass is 313 g/mol. The smallest absolute Gasteiger partial charge is 0.456 e. The van der Waals surface area contributed by atoms with Crippen LogP contribution in [0.2, 0.25) is 0 Å². The Balaban J connectivity index is 3.01. The summed E-state index contributed by atoms with van der Waals surface area (Å²) >= 11 is 0. The topological polar surface area (TPSA) is 61.5 Å². The van der Waals surface area contributed by atoms with Crippen molar-refractivity contribution in [2.45, 2.75) is 19.0 Å². The van der Waals surface area contributed by atoms with Gasteiger partial charge >= 0.3 is 18.1 Å². The van der Waals surface area contributed by atoms with E-state index in [1.807, 2.05) is 0 Å². The predicted octanol–water partition coefficient (Wildman–Crippen LogP) is 2.94. The number of halogens is 5. The number of nitrogens with two attached hydrogens (primary N) is 1. The SMILES string of the molecule is COC(=O)c1cc(OCC(F)(F)C(F)(F)F)cc(C)c1N. The van der Waals surface area contributed by atoms with Gasteiger partial charge in [-0.05, 0) is 24.6 Å². The van der Waals surface area contributed by atoms with Crippen LogP contribution < -0.4 is 10.5 Å². The fourth-order valence-corrected chi connectivity index (χ4v) is 1.38. The molecular weight excluding hydrogens is 301 g/mol. The molecule has 0 spiro atoms. The van der Waals surface area contributed by atoms with Crippen LogP contribution in [0.5, 0.6) is 5.75 Å². The molecule has 0 heterocycles. The molecule has 0 aliphatic rings. The average molecular weight is 313 g/mol. The van der Waals surface area contributed by atoms with Crippen molar-refractivity contribution >= 4 is 11.7 Å². The van der Waals surface area contributed by atoms with Crippen molar-refractivity contribution in [3.05, 3.63) is 23.3 Å². The lowest BCUT2D eigenvalue weighted by Crippen LogP contribution is -2.41. The molecule has 0 atom stereocenters. The largest absolute Gasteiger partial charge is 0.487 e. The molecule has 1 aromatic carbocycles. The first-order valence-electron chi connectivity index (χ1n) is 5.55. The highest BCUT2D eigenvalue weighted by molar-refractivity contribution is 5.96. The van der Waals surface area contributed by atoms with Crippen LogP contribution in [-0.4, -0.2) is 31.8 Å². The van der Waals surface area contributed by atoms with Gasteiger partial charge in [0.1, 0.15) is 5.75 Å². The summed E-state index contributed by atoms with van der Waals surface area (Å²) in [5.74, 6) is -6.21. The van der Waals surface area contributed by atoms with Crippen LogP contribution in [0.25, 0.3) is 0 Å². The van der Waals surface area contributed by atoms with E-state index in [4.69, 9.17) is 5.73 Å². The van der Waals surface area contributed by atoms with Crippen LogP contribution in [0.1, 0.15) is 15.9 Å². The van der Waals surface area contributed by atoms with Gasteiger partial charge in [-0.15, -0.1) is 0 Å². The number of ether oxygens (including phenoxy) is 2. The average Bonchev–Trinajstić information content (AvgIpc) is 2.37. The first-order chi connectivity index (χ1) is 9.49. The summed E-state index contributed by atoms with van der Waals surface area (Å²) in [6.45, 7) is -0.461. The predicted molar refractivity (Wildman–Crippen MR) is 63.4 cm³/mol. The van der Waals surface area contributed by atoms with Gasteiger partial charge < -0.3 is 15.2 Å². The zero-order valence-electron chi connectivity index (χ0n) is 11.1. The molecule has 0 aliphatic carbocycles. The summed E-state index contributed by atoms with van der Waals surface area (Å²) in [7, 11) is 1.07. The fourth-order valence-electron chi connectivity index (χ4n) is 1.38. The molecule has 0 radical (unpaired) electrons. The van der Waals surface area contributed by atoms with E-state index in [1.54, 1.807) is 0 Å². The summed E-state index contributed by atoms with van der Waals surface area (Å²) in [6.07, 6.45) is -5.72. The van der Waals surface area contributed by atoms with Gasteiger partial charge in [-0.2, -0.15) is 22.0 Å². The number of hydrogen-bond acceptors (Lipinski definition) is 4. The van der Waals surface area contributed by atoms with Crippen LogP contribution in [-0.2, 0) is 4.74 Å². The number of benzene rings is 1. The van der Waals surface area contributed by atoms with Gasteiger partial charge in [-0.25, -0.2) is 4.79 Å². The summed E-state index contributed by atoms with van der Waals surface area (Å²) < 4.78 is 70.4. The maximum Gasteiger partial charge on any atom is 0.456 e. The second-order valence-electron chi connectivity index (χ2n) is 4.18. The van der Waals surface area contributed by atoms with Crippen molar-refractivity contribution in [1.29, 1.82) is 0 Å². The molecule has 21 heavy (non-hydrogen) atoms. The van der Waals surface area contributed by atoms with Crippen LogP contribution in [0, 0.1) is 6.92 Å². The van der Waals surface area contributed by atoms with E-state index >= 15 is 0 Å². The summed E-state index contributed by atoms with van der Waals surface area (Å²) in [5, 5.41) is 0. The Kier molecular flexibility index (Phi) is 4.65. The number of alkyl halides is 5. The highest BCUT2D eigenvalue weighted by Gasteiger charge is 2.58. The van der Waals surface area contributed by atoms with Crippen LogP contribution in [0.3, 0.4) is 0 Å². The molecule has 0 fully saturated rings. The Morgan fingerprint density at radius 3 is 2.29 bits per heavy atom. The van der Waals surface area contributed by atoms with Crippen molar-refractivity contribution in [3.63, 3.8) is 0 Å². The Bertz CT molecular complexity index is 542. The number of methoxy groups -OCH3 is 1. The van der Waals surface area contributed by atoms with Crippen molar-refractivity contribution < 1.29 is 36.2 Å². The van der Waals surface area contributed by atoms with Gasteiger partial charge in [0.05, 0.1) is 12.7 Å². The third-order valence-electron chi connectivity index (χ3n) is 2.60. The number of esters is 1. The molecular formula is C12H12F5NO3. The number of nitrogen functional groups attached to an aromatic ring is 1. The Morgan fingerprint density at radius 1 is 1.24 bits per heavy atom. The lowest BCUT2D eigenvalue weighted by Gasteiger charge is -2.20. The van der Waals surface area contributed by atoms with Crippen LogP contribution >= 0.6 is 0 Å². The lowest BCUT2D eigenvalue weighted by atomic mass is 10.1. The van der Waals surface area contributed by atoms with Gasteiger partial charge in [0.25, 0.3) is 0 Å². The number of rotatable bonds is 4. The van der Waals surface area contributed by atoms with Crippen molar-refractivity contribution in [1.82, 2.24) is 0 Å². The summed E-state index contributed by atoms with van der Waals surface area (Å²) in [5.41, 5.74) is 5.72. The Labute approximate surface area is 116 Å². The third kappa shape index (κ3) is 3.73. The van der Waals surface area contributed by atoms with Gasteiger partial charge in [-0.1, -0.05) is 0 Å². The zero-order valence-corrected chi connectivity index (χ0v) is 11.1. The molecule has 0 unspecified atom stereocenters. The number of carbonyl (C=O) groups excluding carboxylic acids is 1. The Morgan fingerprint density at radius 2 is 1.81 bits per heavy atom. The molecule has 0 amide bonds. The highest BCUT2D eigenvalue weighted by Crippen LogP contribution is 2.36. The number of hydrogen-bond donors (Lipinski definition) is 1. The van der Waals surface area contributed by atoms with E-state index < -0.39 is 24.7 Å². The Hall–Kier alpha value is -2.06. The minimum atomic E-state index is -5.72. The summed E-state index contributed by atoms with van der Waals surface area (Å²) in [6, 6.07) is 2.09. The molecule has 118 valence electrons. The molecule has 1 aromatic rings. The molecule has 0 saturated heterocycles. The second-order valence-corrected chi connectivity index (χ2v) is 4.18. The van der Waals surface area contributed by atoms with E-state index in [9.17, 15) is 26.7 Å². The maximum absolute atomic E-state index is 12.8. The van der Waals surface area contributed by atoms with Crippen LogP contribution in [0.15, 0.2) is 12.1 Å². The number of aryl methyl sites for hydroxylation is 1. The molecule has 2 N–H and O–H groups in total. The van der Waals surface area contributed by atoms with Gasteiger partial charge in [-0.3, -0.25) is 0 Å². The van der Waals surface area contributed by atoms with Gasteiger partial charge in [0.2, 0.25) is 0 Å².